The third kappa shape index (κ3) is 2.81. The zero-order valence-electron chi connectivity index (χ0n) is 13.0. The minimum atomic E-state index is -1.96. The van der Waals surface area contributed by atoms with Gasteiger partial charge >= 0.3 is 0 Å². The van der Waals surface area contributed by atoms with Gasteiger partial charge in [0.25, 0.3) is 0 Å². The molecule has 2 rings (SSSR count). The molecule has 1 fully saturated rings. The highest BCUT2D eigenvalue weighted by Crippen LogP contribution is 2.42. The Morgan fingerprint density at radius 3 is 2.65 bits per heavy atom. The smallest absolute Gasteiger partial charge is 0.235 e. The van der Waals surface area contributed by atoms with Gasteiger partial charge in [0, 0.05) is 12.6 Å². The van der Waals surface area contributed by atoms with E-state index in [4.69, 9.17) is 9.16 Å². The second-order valence-electron chi connectivity index (χ2n) is 6.92. The number of hydrogen-bond acceptors (Lipinski definition) is 4. The highest BCUT2D eigenvalue weighted by molar-refractivity contribution is 6.74. The Labute approximate surface area is 122 Å². The molecule has 0 saturated carbocycles. The minimum absolute atomic E-state index is 0.0978. The maximum Gasteiger partial charge on any atom is 0.235 e. The summed E-state index contributed by atoms with van der Waals surface area (Å²) in [6.45, 7) is 11.4. The Balaban J connectivity index is 2.24. The molecule has 1 N–H and O–H groups in total. The molecule has 2 heterocycles. The van der Waals surface area contributed by atoms with E-state index in [1.54, 1.807) is 12.3 Å². The van der Waals surface area contributed by atoms with E-state index in [0.29, 0.717) is 18.7 Å². The molecular formula is C15H25NO3Si. The Morgan fingerprint density at radius 1 is 1.40 bits per heavy atom. The van der Waals surface area contributed by atoms with Crippen LogP contribution in [0.4, 0.5) is 0 Å². The molecule has 1 aliphatic rings. The number of rotatable bonds is 3. The molecule has 0 aliphatic carbocycles. The van der Waals surface area contributed by atoms with Gasteiger partial charge in [0.2, 0.25) is 5.79 Å². The molecule has 0 radical (unpaired) electrons. The lowest BCUT2D eigenvalue weighted by Gasteiger charge is -2.41. The van der Waals surface area contributed by atoms with Crippen LogP contribution < -0.4 is 0 Å². The molecule has 1 aliphatic heterocycles. The quantitative estimate of drug-likeness (QED) is 0.871. The summed E-state index contributed by atoms with van der Waals surface area (Å²) in [7, 11) is -1.96. The molecule has 2 unspecified atom stereocenters. The topological polar surface area (TPSA) is 51.6 Å². The normalized spacial score (nSPS) is 27.8. The van der Waals surface area contributed by atoms with Crippen molar-refractivity contribution in [2.45, 2.75) is 57.2 Å². The van der Waals surface area contributed by atoms with Gasteiger partial charge in [-0.25, -0.2) is 0 Å². The highest BCUT2D eigenvalue weighted by Gasteiger charge is 2.50. The summed E-state index contributed by atoms with van der Waals surface area (Å²) in [5.41, 5.74) is 0.529. The van der Waals surface area contributed by atoms with Gasteiger partial charge in [-0.3, -0.25) is 4.98 Å². The first kappa shape index (κ1) is 15.6. The lowest BCUT2D eigenvalue weighted by Crippen LogP contribution is -2.49. The monoisotopic (exact) mass is 295 g/mol. The first-order valence-electron chi connectivity index (χ1n) is 7.12. The first-order chi connectivity index (χ1) is 9.17. The van der Waals surface area contributed by atoms with Gasteiger partial charge in [-0.15, -0.1) is 0 Å². The summed E-state index contributed by atoms with van der Waals surface area (Å²) in [4.78, 5) is 4.24. The predicted octanol–water partition coefficient (Wildman–Crippen LogP) is 3.04. The number of nitrogens with zero attached hydrogens (tertiary/aromatic N) is 1. The van der Waals surface area contributed by atoms with Crippen LogP contribution >= 0.6 is 0 Å². The minimum Gasteiger partial charge on any atom is -0.408 e. The molecule has 1 aromatic heterocycles. The van der Waals surface area contributed by atoms with E-state index >= 15 is 0 Å². The molecule has 0 bridgehead atoms. The van der Waals surface area contributed by atoms with Crippen molar-refractivity contribution in [1.82, 2.24) is 4.98 Å². The zero-order chi connectivity index (χ0) is 15.0. The summed E-state index contributed by atoms with van der Waals surface area (Å²) < 4.78 is 11.9. The fraction of sp³-hybridized carbons (Fsp3) is 0.667. The van der Waals surface area contributed by atoms with Crippen molar-refractivity contribution in [2.24, 2.45) is 0 Å². The van der Waals surface area contributed by atoms with Crippen LogP contribution in [0.3, 0.4) is 0 Å². The molecule has 2 atom stereocenters. The van der Waals surface area contributed by atoms with E-state index in [1.807, 2.05) is 12.1 Å². The summed E-state index contributed by atoms with van der Waals surface area (Å²) in [5, 5.41) is 11.0. The number of hydrogen-bond donors (Lipinski definition) is 1. The third-order valence-electron chi connectivity index (χ3n) is 4.41. The average Bonchev–Trinajstić information content (AvgIpc) is 2.71. The molecule has 0 aromatic carbocycles. The van der Waals surface area contributed by atoms with Crippen LogP contribution in [-0.2, 0) is 14.9 Å². The summed E-state index contributed by atoms with van der Waals surface area (Å²) >= 11 is 0. The summed E-state index contributed by atoms with van der Waals surface area (Å²) in [5.74, 6) is -1.42. The van der Waals surface area contributed by atoms with Crippen molar-refractivity contribution in [1.29, 1.82) is 0 Å². The van der Waals surface area contributed by atoms with E-state index < -0.39 is 14.1 Å². The van der Waals surface area contributed by atoms with E-state index in [0.717, 1.165) is 0 Å². The number of pyridine rings is 1. The zero-order valence-corrected chi connectivity index (χ0v) is 14.0. The van der Waals surface area contributed by atoms with E-state index in [2.05, 4.69) is 38.8 Å². The molecule has 4 nitrogen and oxygen atoms in total. The van der Waals surface area contributed by atoms with Crippen molar-refractivity contribution in [3.05, 3.63) is 30.1 Å². The van der Waals surface area contributed by atoms with E-state index in [9.17, 15) is 5.11 Å². The molecular weight excluding hydrogens is 270 g/mol. The van der Waals surface area contributed by atoms with Crippen molar-refractivity contribution < 1.29 is 14.3 Å². The van der Waals surface area contributed by atoms with Crippen molar-refractivity contribution in [3.8, 4) is 0 Å². The van der Waals surface area contributed by atoms with Gasteiger partial charge in [0.1, 0.15) is 11.8 Å². The Hall–Kier alpha value is -0.753. The molecule has 0 spiro atoms. The average molecular weight is 295 g/mol. The van der Waals surface area contributed by atoms with Gasteiger partial charge < -0.3 is 14.3 Å². The fourth-order valence-electron chi connectivity index (χ4n) is 2.09. The van der Waals surface area contributed by atoms with Crippen molar-refractivity contribution in [2.75, 3.05) is 6.61 Å². The van der Waals surface area contributed by atoms with Crippen molar-refractivity contribution >= 4 is 8.32 Å². The Morgan fingerprint density at radius 2 is 2.10 bits per heavy atom. The number of aliphatic hydroxyl groups is 1. The molecule has 1 saturated heterocycles. The van der Waals surface area contributed by atoms with Crippen LogP contribution in [0.5, 0.6) is 0 Å². The molecule has 20 heavy (non-hydrogen) atoms. The number of aromatic nitrogens is 1. The van der Waals surface area contributed by atoms with Gasteiger partial charge in [0.05, 0.1) is 6.61 Å². The van der Waals surface area contributed by atoms with Gasteiger partial charge in [0.15, 0.2) is 8.32 Å². The Bertz CT molecular complexity index is 458. The van der Waals surface area contributed by atoms with E-state index in [1.165, 1.54) is 0 Å². The van der Waals surface area contributed by atoms with Crippen LogP contribution in [0, 0.1) is 0 Å². The van der Waals surface area contributed by atoms with Gasteiger partial charge in [-0.2, -0.15) is 0 Å². The maximum atomic E-state index is 10.9. The fourth-order valence-corrected chi connectivity index (χ4v) is 3.44. The van der Waals surface area contributed by atoms with Gasteiger partial charge in [-0.05, 0) is 30.3 Å². The standard InChI is InChI=1S/C15H25NO3Si/c1-14(2,3)20(4,5)19-13-9-11-18-15(13,17)12-8-6-7-10-16-12/h6-8,10,13,17H,9,11H2,1-5H3. The highest BCUT2D eigenvalue weighted by atomic mass is 28.4. The van der Waals surface area contributed by atoms with Crippen LogP contribution in [0.2, 0.25) is 18.1 Å². The van der Waals surface area contributed by atoms with E-state index in [-0.39, 0.29) is 11.1 Å². The van der Waals surface area contributed by atoms with Crippen LogP contribution in [0.1, 0.15) is 32.9 Å². The number of ether oxygens (including phenoxy) is 1. The SMILES string of the molecule is CC(C)(C)[Si](C)(C)OC1CCOC1(O)c1ccccn1. The molecule has 112 valence electrons. The lowest BCUT2D eigenvalue weighted by molar-refractivity contribution is -0.221. The summed E-state index contributed by atoms with van der Waals surface area (Å²) in [6.07, 6.45) is 2.01. The molecule has 0 amide bonds. The van der Waals surface area contributed by atoms with Crippen molar-refractivity contribution in [3.63, 3.8) is 0 Å². The summed E-state index contributed by atoms with van der Waals surface area (Å²) in [6, 6.07) is 5.46. The van der Waals surface area contributed by atoms with Crippen LogP contribution in [0.15, 0.2) is 24.4 Å². The van der Waals surface area contributed by atoms with Crippen LogP contribution in [-0.4, -0.2) is 31.1 Å². The predicted molar refractivity (Wildman–Crippen MR) is 80.8 cm³/mol. The Kier molecular flexibility index (Phi) is 4.08. The second-order valence-corrected chi connectivity index (χ2v) is 11.7. The third-order valence-corrected chi connectivity index (χ3v) is 8.90. The maximum absolute atomic E-state index is 10.9. The lowest BCUT2D eigenvalue weighted by atomic mass is 10.1. The second kappa shape index (κ2) is 5.22. The first-order valence-corrected chi connectivity index (χ1v) is 10.0. The van der Waals surface area contributed by atoms with Gasteiger partial charge in [-0.1, -0.05) is 26.8 Å². The molecule has 1 aromatic rings. The molecule has 5 heteroatoms. The van der Waals surface area contributed by atoms with Crippen LogP contribution in [0.25, 0.3) is 0 Å². The largest absolute Gasteiger partial charge is 0.408 e.